The van der Waals surface area contributed by atoms with Crippen molar-refractivity contribution in [1.82, 2.24) is 4.98 Å². The maximum absolute atomic E-state index is 12.3. The van der Waals surface area contributed by atoms with Gasteiger partial charge in [-0.3, -0.25) is 9.78 Å². The molecule has 0 atom stereocenters. The van der Waals surface area contributed by atoms with Crippen molar-refractivity contribution in [1.29, 1.82) is 0 Å². The van der Waals surface area contributed by atoms with E-state index in [1.807, 2.05) is 0 Å². The molecule has 5 nitrogen and oxygen atoms in total. The monoisotopic (exact) mass is 328 g/mol. The van der Waals surface area contributed by atoms with E-state index in [1.165, 1.54) is 12.8 Å². The second kappa shape index (κ2) is 9.55. The largest absolute Gasteiger partial charge is 0.493 e. The molecule has 24 heavy (non-hydrogen) atoms. The van der Waals surface area contributed by atoms with Gasteiger partial charge in [0.05, 0.1) is 13.7 Å². The number of aromatic nitrogens is 1. The number of nitrogens with one attached hydrogen (secondary N) is 1. The number of hydrogen-bond donors (Lipinski definition) is 1. The number of carbonyl (C=O) groups is 1. The van der Waals surface area contributed by atoms with Gasteiger partial charge in [0.2, 0.25) is 0 Å². The molecule has 1 N–H and O–H groups in total. The van der Waals surface area contributed by atoms with Gasteiger partial charge in [0.15, 0.2) is 11.5 Å². The minimum absolute atomic E-state index is 0.200. The van der Waals surface area contributed by atoms with Gasteiger partial charge in [0, 0.05) is 23.6 Å². The molecule has 0 bridgehead atoms. The zero-order valence-corrected chi connectivity index (χ0v) is 14.2. The van der Waals surface area contributed by atoms with E-state index in [1.54, 1.807) is 49.8 Å². The number of benzene rings is 1. The second-order valence-electron chi connectivity index (χ2n) is 5.46. The summed E-state index contributed by atoms with van der Waals surface area (Å²) in [5.74, 6) is 1.02. The standard InChI is InChI=1S/C19H24N2O3/c1-3-4-5-6-13-24-17-8-7-15(14-18(17)23-2)19(22)21-16-9-11-20-12-10-16/h7-12,14H,3-6,13H2,1-2H3,(H,20,21,22). The summed E-state index contributed by atoms with van der Waals surface area (Å²) in [5, 5.41) is 2.82. The molecule has 2 rings (SSSR count). The molecule has 0 saturated heterocycles. The fourth-order valence-corrected chi connectivity index (χ4v) is 2.28. The Labute approximate surface area is 143 Å². The molecular weight excluding hydrogens is 304 g/mol. The first kappa shape index (κ1) is 17.8. The van der Waals surface area contributed by atoms with Crippen LogP contribution in [0.4, 0.5) is 5.69 Å². The Kier molecular flexibility index (Phi) is 7.08. The average molecular weight is 328 g/mol. The van der Waals surface area contributed by atoms with Gasteiger partial charge in [-0.05, 0) is 36.8 Å². The third kappa shape index (κ3) is 5.26. The van der Waals surface area contributed by atoms with Crippen LogP contribution in [-0.4, -0.2) is 24.6 Å². The maximum atomic E-state index is 12.3. The fourth-order valence-electron chi connectivity index (χ4n) is 2.28. The van der Waals surface area contributed by atoms with Crippen LogP contribution in [0.15, 0.2) is 42.7 Å². The minimum Gasteiger partial charge on any atom is -0.493 e. The first-order valence-electron chi connectivity index (χ1n) is 8.26. The lowest BCUT2D eigenvalue weighted by Gasteiger charge is -2.12. The van der Waals surface area contributed by atoms with E-state index in [0.717, 1.165) is 12.8 Å². The molecule has 0 fully saturated rings. The summed E-state index contributed by atoms with van der Waals surface area (Å²) < 4.78 is 11.1. The number of unbranched alkanes of at least 4 members (excludes halogenated alkanes) is 3. The van der Waals surface area contributed by atoms with Gasteiger partial charge in [-0.1, -0.05) is 26.2 Å². The lowest BCUT2D eigenvalue weighted by Crippen LogP contribution is -2.12. The summed E-state index contributed by atoms with van der Waals surface area (Å²) in [6, 6.07) is 8.68. The number of amides is 1. The Morgan fingerprint density at radius 2 is 1.88 bits per heavy atom. The van der Waals surface area contributed by atoms with Crippen molar-refractivity contribution < 1.29 is 14.3 Å². The number of rotatable bonds is 9. The van der Waals surface area contributed by atoms with Crippen molar-refractivity contribution >= 4 is 11.6 Å². The summed E-state index contributed by atoms with van der Waals surface area (Å²) in [6.07, 6.45) is 7.85. The van der Waals surface area contributed by atoms with Gasteiger partial charge in [0.1, 0.15) is 0 Å². The summed E-state index contributed by atoms with van der Waals surface area (Å²) >= 11 is 0. The van der Waals surface area contributed by atoms with Crippen molar-refractivity contribution in [2.24, 2.45) is 0 Å². The SMILES string of the molecule is CCCCCCOc1ccc(C(=O)Nc2ccncc2)cc1OC. The first-order chi connectivity index (χ1) is 11.7. The number of ether oxygens (including phenoxy) is 2. The normalized spacial score (nSPS) is 10.2. The van der Waals surface area contributed by atoms with E-state index in [0.29, 0.717) is 29.4 Å². The van der Waals surface area contributed by atoms with Crippen LogP contribution in [0.2, 0.25) is 0 Å². The molecule has 5 heteroatoms. The molecule has 0 radical (unpaired) electrons. The van der Waals surface area contributed by atoms with Crippen molar-refractivity contribution in [3.8, 4) is 11.5 Å². The molecule has 0 aliphatic carbocycles. The Hall–Kier alpha value is -2.56. The molecule has 0 spiro atoms. The highest BCUT2D eigenvalue weighted by Crippen LogP contribution is 2.28. The third-order valence-electron chi connectivity index (χ3n) is 3.62. The number of methoxy groups -OCH3 is 1. The summed E-state index contributed by atoms with van der Waals surface area (Å²) in [7, 11) is 1.57. The number of anilines is 1. The molecule has 0 unspecified atom stereocenters. The Morgan fingerprint density at radius 3 is 2.58 bits per heavy atom. The predicted molar refractivity (Wildman–Crippen MR) is 94.8 cm³/mol. The molecular formula is C19H24N2O3. The van der Waals surface area contributed by atoms with Crippen LogP contribution in [0.1, 0.15) is 43.0 Å². The van der Waals surface area contributed by atoms with Crippen LogP contribution in [0.25, 0.3) is 0 Å². The lowest BCUT2D eigenvalue weighted by molar-refractivity contribution is 0.102. The summed E-state index contributed by atoms with van der Waals surface area (Å²) in [5.41, 5.74) is 1.22. The summed E-state index contributed by atoms with van der Waals surface area (Å²) in [4.78, 5) is 16.2. The number of nitrogens with zero attached hydrogens (tertiary/aromatic N) is 1. The van der Waals surface area contributed by atoms with Gasteiger partial charge in [-0.15, -0.1) is 0 Å². The molecule has 1 aromatic carbocycles. The van der Waals surface area contributed by atoms with E-state index in [2.05, 4.69) is 17.2 Å². The van der Waals surface area contributed by atoms with Crippen molar-refractivity contribution in [2.75, 3.05) is 19.0 Å². The average Bonchev–Trinajstić information content (AvgIpc) is 2.62. The number of carbonyl (C=O) groups excluding carboxylic acids is 1. The van der Waals surface area contributed by atoms with Crippen LogP contribution in [0.5, 0.6) is 11.5 Å². The number of pyridine rings is 1. The molecule has 0 saturated carbocycles. The van der Waals surface area contributed by atoms with Gasteiger partial charge in [0.25, 0.3) is 5.91 Å². The molecule has 0 aliphatic rings. The highest BCUT2D eigenvalue weighted by atomic mass is 16.5. The second-order valence-corrected chi connectivity index (χ2v) is 5.46. The first-order valence-corrected chi connectivity index (χ1v) is 8.26. The molecule has 128 valence electrons. The zero-order chi connectivity index (χ0) is 17.2. The highest BCUT2D eigenvalue weighted by molar-refractivity contribution is 6.04. The van der Waals surface area contributed by atoms with E-state index in [9.17, 15) is 4.79 Å². The molecule has 1 heterocycles. The minimum atomic E-state index is -0.200. The Balaban J connectivity index is 1.98. The van der Waals surface area contributed by atoms with Crippen molar-refractivity contribution in [2.45, 2.75) is 32.6 Å². The Bertz CT molecular complexity index is 644. The summed E-state index contributed by atoms with van der Waals surface area (Å²) in [6.45, 7) is 2.83. The topological polar surface area (TPSA) is 60.5 Å². The molecule has 0 aliphatic heterocycles. The molecule has 1 aromatic heterocycles. The highest BCUT2D eigenvalue weighted by Gasteiger charge is 2.11. The van der Waals surface area contributed by atoms with E-state index in [4.69, 9.17) is 9.47 Å². The smallest absolute Gasteiger partial charge is 0.255 e. The van der Waals surface area contributed by atoms with Crippen molar-refractivity contribution in [3.05, 3.63) is 48.3 Å². The molecule has 2 aromatic rings. The molecule has 1 amide bonds. The predicted octanol–water partition coefficient (Wildman–Crippen LogP) is 4.30. The maximum Gasteiger partial charge on any atom is 0.255 e. The van der Waals surface area contributed by atoms with E-state index < -0.39 is 0 Å². The van der Waals surface area contributed by atoms with Crippen LogP contribution in [0, 0.1) is 0 Å². The van der Waals surface area contributed by atoms with Crippen LogP contribution in [0.3, 0.4) is 0 Å². The zero-order valence-electron chi connectivity index (χ0n) is 14.2. The fraction of sp³-hybridized carbons (Fsp3) is 0.368. The van der Waals surface area contributed by atoms with E-state index >= 15 is 0 Å². The van der Waals surface area contributed by atoms with Crippen molar-refractivity contribution in [3.63, 3.8) is 0 Å². The van der Waals surface area contributed by atoms with Crippen LogP contribution < -0.4 is 14.8 Å². The lowest BCUT2D eigenvalue weighted by atomic mass is 10.2. The number of hydrogen-bond acceptors (Lipinski definition) is 4. The van der Waals surface area contributed by atoms with E-state index in [-0.39, 0.29) is 5.91 Å². The quantitative estimate of drug-likeness (QED) is 0.697. The van der Waals surface area contributed by atoms with Gasteiger partial charge in [-0.25, -0.2) is 0 Å². The van der Waals surface area contributed by atoms with Crippen LogP contribution in [-0.2, 0) is 0 Å². The van der Waals surface area contributed by atoms with Gasteiger partial charge >= 0.3 is 0 Å². The van der Waals surface area contributed by atoms with Gasteiger partial charge in [-0.2, -0.15) is 0 Å². The van der Waals surface area contributed by atoms with Gasteiger partial charge < -0.3 is 14.8 Å². The third-order valence-corrected chi connectivity index (χ3v) is 3.62. The van der Waals surface area contributed by atoms with Crippen LogP contribution >= 0.6 is 0 Å². The Morgan fingerprint density at radius 1 is 1.08 bits per heavy atom.